The van der Waals surface area contributed by atoms with Crippen LogP contribution in [-0.4, -0.2) is 57.2 Å². The first-order valence-electron chi connectivity index (χ1n) is 6.69. The van der Waals surface area contributed by atoms with Crippen LogP contribution in [0.5, 0.6) is 0 Å². The van der Waals surface area contributed by atoms with Crippen LogP contribution in [0.4, 0.5) is 0 Å². The first-order chi connectivity index (χ1) is 10.3. The molecule has 1 saturated heterocycles. The van der Waals surface area contributed by atoms with Crippen LogP contribution in [0.1, 0.15) is 5.56 Å². The highest BCUT2D eigenvalue weighted by Gasteiger charge is 2.47. The third kappa shape index (κ3) is 1.94. The summed E-state index contributed by atoms with van der Waals surface area (Å²) in [5.74, 6) is 0.720. The van der Waals surface area contributed by atoms with Crippen molar-refractivity contribution < 1.29 is 14.6 Å². The SMILES string of the molecule is O=C1NC(CO)=CN2CCOC3=C(c4cn[nH]c4)SC1C32. The van der Waals surface area contributed by atoms with Gasteiger partial charge in [0.2, 0.25) is 5.91 Å². The number of amides is 1. The fourth-order valence-corrected chi connectivity index (χ4v) is 4.24. The predicted molar refractivity (Wildman–Crippen MR) is 76.6 cm³/mol. The van der Waals surface area contributed by atoms with Gasteiger partial charge in [0.1, 0.15) is 23.7 Å². The summed E-state index contributed by atoms with van der Waals surface area (Å²) in [5.41, 5.74) is 1.46. The van der Waals surface area contributed by atoms with Gasteiger partial charge < -0.3 is 20.1 Å². The third-order valence-electron chi connectivity index (χ3n) is 3.78. The molecule has 1 aromatic heterocycles. The first-order valence-corrected chi connectivity index (χ1v) is 7.57. The number of nitrogens with zero attached hydrogens (tertiary/aromatic N) is 2. The quantitative estimate of drug-likeness (QED) is 0.704. The molecule has 0 radical (unpaired) electrons. The lowest BCUT2D eigenvalue weighted by molar-refractivity contribution is -0.120. The lowest BCUT2D eigenvalue weighted by Gasteiger charge is -2.35. The van der Waals surface area contributed by atoms with Crippen LogP contribution in [0, 0.1) is 0 Å². The number of aliphatic hydroxyl groups is 1. The van der Waals surface area contributed by atoms with Gasteiger partial charge in [-0.2, -0.15) is 5.10 Å². The maximum atomic E-state index is 12.4. The molecule has 4 rings (SSSR count). The summed E-state index contributed by atoms with van der Waals surface area (Å²) in [7, 11) is 0. The van der Waals surface area contributed by atoms with E-state index in [1.54, 1.807) is 12.4 Å². The van der Waals surface area contributed by atoms with E-state index < -0.39 is 0 Å². The Morgan fingerprint density at radius 2 is 2.48 bits per heavy atom. The van der Waals surface area contributed by atoms with Crippen LogP contribution in [0.3, 0.4) is 0 Å². The molecule has 1 aromatic rings. The van der Waals surface area contributed by atoms with Crippen LogP contribution in [0.15, 0.2) is 30.0 Å². The molecule has 3 aliphatic rings. The molecule has 4 heterocycles. The largest absolute Gasteiger partial charge is 0.493 e. The second kappa shape index (κ2) is 4.81. The third-order valence-corrected chi connectivity index (χ3v) is 5.18. The number of ether oxygens (including phenoxy) is 1. The molecule has 3 N–H and O–H groups in total. The standard InChI is InChI=1S/C13H14N4O3S/c18-6-8-5-17-1-2-20-10-9(17)12(13(19)16-8)21-11(10)7-3-14-15-4-7/h3-5,9,12,18H,1-2,6H2,(H,14,15)(H,16,19). The van der Waals surface area contributed by atoms with E-state index in [1.807, 2.05) is 6.20 Å². The van der Waals surface area contributed by atoms with Crippen LogP contribution < -0.4 is 5.32 Å². The number of aromatic amines is 1. The predicted octanol–water partition coefficient (Wildman–Crippen LogP) is -0.142. The Hall–Kier alpha value is -1.93. The Kier molecular flexibility index (Phi) is 2.93. The van der Waals surface area contributed by atoms with E-state index in [0.29, 0.717) is 18.8 Å². The minimum atomic E-state index is -0.287. The summed E-state index contributed by atoms with van der Waals surface area (Å²) in [6.07, 6.45) is 5.36. The van der Waals surface area contributed by atoms with Crippen molar-refractivity contribution in [3.63, 3.8) is 0 Å². The summed E-state index contributed by atoms with van der Waals surface area (Å²) >= 11 is 1.49. The summed E-state index contributed by atoms with van der Waals surface area (Å²) < 4.78 is 5.85. The van der Waals surface area contributed by atoms with E-state index in [4.69, 9.17) is 4.74 Å². The zero-order valence-corrected chi connectivity index (χ0v) is 11.9. The van der Waals surface area contributed by atoms with Gasteiger partial charge >= 0.3 is 0 Å². The molecule has 7 nitrogen and oxygen atoms in total. The summed E-state index contributed by atoms with van der Waals surface area (Å²) in [5, 5.41) is 18.6. The van der Waals surface area contributed by atoms with Crippen molar-refractivity contribution in [2.45, 2.75) is 11.3 Å². The minimum absolute atomic E-state index is 0.103. The number of carbonyl (C=O) groups excluding carboxylic acids is 1. The smallest absolute Gasteiger partial charge is 0.240 e. The van der Waals surface area contributed by atoms with Gasteiger partial charge in [-0.15, -0.1) is 11.8 Å². The van der Waals surface area contributed by atoms with E-state index in [9.17, 15) is 9.90 Å². The molecular weight excluding hydrogens is 292 g/mol. The van der Waals surface area contributed by atoms with Crippen LogP contribution in [0.25, 0.3) is 4.91 Å². The highest BCUT2D eigenvalue weighted by molar-refractivity contribution is 8.09. The summed E-state index contributed by atoms with van der Waals surface area (Å²) in [6.45, 7) is 1.08. The number of aromatic nitrogens is 2. The number of hydrogen-bond donors (Lipinski definition) is 3. The van der Waals surface area contributed by atoms with E-state index in [0.717, 1.165) is 16.2 Å². The lowest BCUT2D eigenvalue weighted by atomic mass is 10.1. The topological polar surface area (TPSA) is 90.5 Å². The second-order valence-electron chi connectivity index (χ2n) is 5.05. The van der Waals surface area contributed by atoms with Crippen molar-refractivity contribution in [3.8, 4) is 0 Å². The van der Waals surface area contributed by atoms with Crippen molar-refractivity contribution >= 4 is 22.6 Å². The lowest BCUT2D eigenvalue weighted by Crippen LogP contribution is -2.47. The van der Waals surface area contributed by atoms with Crippen molar-refractivity contribution in [2.75, 3.05) is 19.8 Å². The van der Waals surface area contributed by atoms with Gasteiger partial charge in [0.25, 0.3) is 0 Å². The van der Waals surface area contributed by atoms with Crippen molar-refractivity contribution in [1.82, 2.24) is 20.4 Å². The van der Waals surface area contributed by atoms with Gasteiger partial charge in [-0.25, -0.2) is 0 Å². The molecule has 3 aliphatic heterocycles. The summed E-state index contributed by atoms with van der Waals surface area (Å²) in [6, 6.07) is -0.127. The number of H-pyrrole nitrogens is 1. The van der Waals surface area contributed by atoms with Gasteiger partial charge in [-0.1, -0.05) is 0 Å². The van der Waals surface area contributed by atoms with E-state index in [2.05, 4.69) is 20.4 Å². The fraction of sp³-hybridized carbons (Fsp3) is 0.385. The maximum Gasteiger partial charge on any atom is 0.240 e. The molecule has 1 fully saturated rings. The Balaban J connectivity index is 1.79. The second-order valence-corrected chi connectivity index (χ2v) is 6.20. The number of nitrogens with one attached hydrogen (secondary N) is 2. The molecule has 0 aliphatic carbocycles. The van der Waals surface area contributed by atoms with E-state index in [-0.39, 0.29) is 23.8 Å². The number of thioether (sulfide) groups is 1. The Morgan fingerprint density at radius 1 is 1.57 bits per heavy atom. The molecule has 8 heteroatoms. The van der Waals surface area contributed by atoms with Gasteiger partial charge in [0.05, 0.1) is 30.0 Å². The average molecular weight is 306 g/mol. The molecule has 110 valence electrons. The molecule has 0 bridgehead atoms. The summed E-state index contributed by atoms with van der Waals surface area (Å²) in [4.78, 5) is 15.4. The van der Waals surface area contributed by atoms with Crippen LogP contribution in [-0.2, 0) is 9.53 Å². The highest BCUT2D eigenvalue weighted by atomic mass is 32.2. The van der Waals surface area contributed by atoms with Gasteiger partial charge in [0.15, 0.2) is 0 Å². The molecule has 2 atom stereocenters. The van der Waals surface area contributed by atoms with Crippen molar-refractivity contribution in [3.05, 3.63) is 35.6 Å². The molecule has 0 spiro atoms. The van der Waals surface area contributed by atoms with Crippen molar-refractivity contribution in [2.24, 2.45) is 0 Å². The van der Waals surface area contributed by atoms with Gasteiger partial charge in [0, 0.05) is 18.0 Å². The highest BCUT2D eigenvalue weighted by Crippen LogP contribution is 2.48. The van der Waals surface area contributed by atoms with E-state index in [1.165, 1.54) is 11.8 Å². The van der Waals surface area contributed by atoms with Gasteiger partial charge in [-0.3, -0.25) is 9.89 Å². The monoisotopic (exact) mass is 306 g/mol. The van der Waals surface area contributed by atoms with Crippen LogP contribution >= 0.6 is 11.8 Å². The Morgan fingerprint density at radius 3 is 3.24 bits per heavy atom. The molecule has 1 amide bonds. The maximum absolute atomic E-state index is 12.4. The zero-order chi connectivity index (χ0) is 14.4. The Bertz CT molecular complexity index is 640. The minimum Gasteiger partial charge on any atom is -0.493 e. The van der Waals surface area contributed by atoms with Crippen molar-refractivity contribution in [1.29, 1.82) is 0 Å². The number of morpholine rings is 1. The number of rotatable bonds is 2. The molecular formula is C13H14N4O3S. The fourth-order valence-electron chi connectivity index (χ4n) is 2.87. The zero-order valence-electron chi connectivity index (χ0n) is 11.1. The normalized spacial score (nSPS) is 27.8. The Labute approximate surface area is 125 Å². The number of hydrogen-bond acceptors (Lipinski definition) is 6. The van der Waals surface area contributed by atoms with E-state index >= 15 is 0 Å². The molecule has 21 heavy (non-hydrogen) atoms. The number of carbonyl (C=O) groups is 1. The molecule has 0 saturated carbocycles. The van der Waals surface area contributed by atoms with Crippen LogP contribution in [0.2, 0.25) is 0 Å². The number of aliphatic hydroxyl groups excluding tert-OH is 1. The van der Waals surface area contributed by atoms with Gasteiger partial charge in [-0.05, 0) is 0 Å². The average Bonchev–Trinajstić information content (AvgIpc) is 3.10. The first kappa shape index (κ1) is 12.8. The molecule has 0 aromatic carbocycles. The molecule has 2 unspecified atom stereocenters.